The van der Waals surface area contributed by atoms with Crippen LogP contribution < -0.4 is 0 Å². The van der Waals surface area contributed by atoms with E-state index in [9.17, 15) is 0 Å². The first-order valence-electron chi connectivity index (χ1n) is 7.57. The van der Waals surface area contributed by atoms with Crippen molar-refractivity contribution in [3.63, 3.8) is 0 Å². The van der Waals surface area contributed by atoms with Gasteiger partial charge in [-0.1, -0.05) is 70.5 Å². The summed E-state index contributed by atoms with van der Waals surface area (Å²) in [6.07, 6.45) is 2.02. The van der Waals surface area contributed by atoms with Gasteiger partial charge in [-0.15, -0.1) is 0 Å². The van der Waals surface area contributed by atoms with Crippen LogP contribution >= 0.6 is 15.9 Å². The zero-order valence-corrected chi connectivity index (χ0v) is 14.1. The first-order chi connectivity index (χ1) is 10.8. The van der Waals surface area contributed by atoms with Gasteiger partial charge in [0.05, 0.1) is 0 Å². The van der Waals surface area contributed by atoms with Gasteiger partial charge in [0.25, 0.3) is 0 Å². The molecular weight excluding hydrogens is 336 g/mol. The molecule has 3 aromatic rings. The van der Waals surface area contributed by atoms with Crippen LogP contribution in [0.3, 0.4) is 0 Å². The maximum Gasteiger partial charge on any atom is 0.119 e. The number of fused-ring (bicyclic) bond motifs is 2. The largest absolute Gasteiger partial charge is 0.369 e. The van der Waals surface area contributed by atoms with Gasteiger partial charge in [-0.3, -0.25) is 0 Å². The van der Waals surface area contributed by atoms with E-state index in [1.165, 1.54) is 31.9 Å². The molecule has 2 heteroatoms. The molecule has 1 unspecified atom stereocenters. The van der Waals surface area contributed by atoms with Crippen molar-refractivity contribution in [1.82, 2.24) is 0 Å². The van der Waals surface area contributed by atoms with Gasteiger partial charge in [0.15, 0.2) is 0 Å². The molecule has 0 aliphatic heterocycles. The molecule has 1 nitrogen and oxygen atoms in total. The Balaban J connectivity index is 2.03. The Hall–Kier alpha value is -1.64. The summed E-state index contributed by atoms with van der Waals surface area (Å²) in [5, 5.41) is 2.54. The van der Waals surface area contributed by atoms with Gasteiger partial charge in [0.2, 0.25) is 0 Å². The van der Waals surface area contributed by atoms with E-state index < -0.39 is 0 Å². The molecule has 4 rings (SSSR count). The second-order valence-electron chi connectivity index (χ2n) is 5.82. The van der Waals surface area contributed by atoms with Crippen molar-refractivity contribution >= 4 is 26.7 Å². The predicted octanol–water partition coefficient (Wildman–Crippen LogP) is 5.44. The lowest BCUT2D eigenvalue weighted by molar-refractivity contribution is 0.0250. The summed E-state index contributed by atoms with van der Waals surface area (Å²) in [4.78, 5) is 0. The minimum absolute atomic E-state index is 0.347. The molecule has 0 amide bonds. The van der Waals surface area contributed by atoms with Gasteiger partial charge in [-0.05, 0) is 46.4 Å². The van der Waals surface area contributed by atoms with E-state index in [1.807, 2.05) is 7.11 Å². The van der Waals surface area contributed by atoms with Gasteiger partial charge in [0.1, 0.15) is 5.60 Å². The molecule has 22 heavy (non-hydrogen) atoms. The van der Waals surface area contributed by atoms with E-state index in [-0.39, 0.29) is 5.60 Å². The van der Waals surface area contributed by atoms with Crippen LogP contribution in [0.15, 0.2) is 65.1 Å². The molecule has 110 valence electrons. The molecule has 1 aliphatic rings. The molecule has 0 spiro atoms. The number of ether oxygens (including phenoxy) is 1. The van der Waals surface area contributed by atoms with Crippen molar-refractivity contribution in [3.8, 4) is 0 Å². The van der Waals surface area contributed by atoms with Crippen molar-refractivity contribution in [3.05, 3.63) is 81.8 Å². The Morgan fingerprint density at radius 3 is 2.50 bits per heavy atom. The zero-order valence-electron chi connectivity index (χ0n) is 12.5. The minimum Gasteiger partial charge on any atom is -0.369 e. The average molecular weight is 353 g/mol. The van der Waals surface area contributed by atoms with Crippen molar-refractivity contribution in [2.45, 2.75) is 18.4 Å². The summed E-state index contributed by atoms with van der Waals surface area (Å²) in [6.45, 7) is 0. The topological polar surface area (TPSA) is 9.23 Å². The third-order valence-corrected chi connectivity index (χ3v) is 5.60. The molecule has 0 radical (unpaired) electrons. The van der Waals surface area contributed by atoms with Crippen LogP contribution in [0, 0.1) is 0 Å². The lowest BCUT2D eigenvalue weighted by Crippen LogP contribution is -2.27. The highest BCUT2D eigenvalue weighted by molar-refractivity contribution is 9.10. The van der Waals surface area contributed by atoms with E-state index in [0.717, 1.165) is 12.8 Å². The fraction of sp³-hybridized carbons (Fsp3) is 0.200. The number of rotatable bonds is 2. The molecule has 1 aliphatic carbocycles. The van der Waals surface area contributed by atoms with Crippen LogP contribution in [0.2, 0.25) is 0 Å². The van der Waals surface area contributed by atoms with Crippen molar-refractivity contribution in [1.29, 1.82) is 0 Å². The average Bonchev–Trinajstić information content (AvgIpc) is 2.95. The van der Waals surface area contributed by atoms with E-state index >= 15 is 0 Å². The summed E-state index contributed by atoms with van der Waals surface area (Å²) in [7, 11) is 1.83. The summed E-state index contributed by atoms with van der Waals surface area (Å²) in [5.41, 5.74) is 3.59. The molecule has 3 aromatic carbocycles. The van der Waals surface area contributed by atoms with E-state index in [2.05, 4.69) is 76.6 Å². The van der Waals surface area contributed by atoms with Crippen molar-refractivity contribution in [2.24, 2.45) is 0 Å². The third kappa shape index (κ3) is 1.87. The Kier molecular flexibility index (Phi) is 3.32. The number of methoxy groups -OCH3 is 1. The van der Waals surface area contributed by atoms with Gasteiger partial charge >= 0.3 is 0 Å². The zero-order chi connectivity index (χ0) is 15.2. The molecule has 0 bridgehead atoms. The normalized spacial score (nSPS) is 20.3. The molecule has 0 saturated carbocycles. The standard InChI is InChI=1S/C20H17BrO/c1-22-20(13-12-16-18(20)10-5-11-19(16)21)17-9-4-7-14-6-2-3-8-15(14)17/h2-11H,12-13H2,1H3. The second kappa shape index (κ2) is 5.22. The SMILES string of the molecule is COC1(c2cccc3ccccc23)CCc2c(Br)cccc21. The van der Waals surface area contributed by atoms with Crippen LogP contribution in [0.25, 0.3) is 10.8 Å². The fourth-order valence-corrected chi connectivity index (χ4v) is 4.37. The fourth-order valence-electron chi connectivity index (χ4n) is 3.81. The Bertz CT molecular complexity index is 850. The van der Waals surface area contributed by atoms with Crippen molar-refractivity contribution in [2.75, 3.05) is 7.11 Å². The van der Waals surface area contributed by atoms with Crippen LogP contribution in [0.4, 0.5) is 0 Å². The molecule has 0 saturated heterocycles. The molecule has 0 N–H and O–H groups in total. The number of hydrogen-bond donors (Lipinski definition) is 0. The summed E-state index contributed by atoms with van der Waals surface area (Å²) in [5.74, 6) is 0. The third-order valence-electron chi connectivity index (χ3n) is 4.85. The van der Waals surface area contributed by atoms with Crippen LogP contribution in [0.5, 0.6) is 0 Å². The highest BCUT2D eigenvalue weighted by Gasteiger charge is 2.42. The lowest BCUT2D eigenvalue weighted by Gasteiger charge is -2.31. The number of hydrogen-bond acceptors (Lipinski definition) is 1. The highest BCUT2D eigenvalue weighted by atomic mass is 79.9. The summed E-state index contributed by atoms with van der Waals surface area (Å²) >= 11 is 3.69. The van der Waals surface area contributed by atoms with Gasteiger partial charge in [-0.2, -0.15) is 0 Å². The van der Waals surface area contributed by atoms with Gasteiger partial charge in [-0.25, -0.2) is 0 Å². The van der Waals surface area contributed by atoms with Crippen LogP contribution in [-0.4, -0.2) is 7.11 Å². The maximum absolute atomic E-state index is 6.15. The Morgan fingerprint density at radius 2 is 1.64 bits per heavy atom. The van der Waals surface area contributed by atoms with Gasteiger partial charge < -0.3 is 4.74 Å². The van der Waals surface area contributed by atoms with E-state index in [4.69, 9.17) is 4.74 Å². The maximum atomic E-state index is 6.15. The second-order valence-corrected chi connectivity index (χ2v) is 6.68. The van der Waals surface area contributed by atoms with Crippen LogP contribution in [-0.2, 0) is 16.8 Å². The van der Waals surface area contributed by atoms with E-state index in [1.54, 1.807) is 0 Å². The molecule has 0 fully saturated rings. The summed E-state index contributed by atoms with van der Waals surface area (Å²) in [6, 6.07) is 21.5. The molecule has 0 heterocycles. The van der Waals surface area contributed by atoms with Crippen molar-refractivity contribution < 1.29 is 4.74 Å². The first kappa shape index (κ1) is 14.0. The predicted molar refractivity (Wildman–Crippen MR) is 94.2 cm³/mol. The Labute approximate surface area is 139 Å². The summed E-state index contributed by atoms with van der Waals surface area (Å²) < 4.78 is 7.34. The molecular formula is C20H17BrO. The monoisotopic (exact) mass is 352 g/mol. The number of benzene rings is 3. The smallest absolute Gasteiger partial charge is 0.119 e. The molecule has 1 atom stereocenters. The quantitative estimate of drug-likeness (QED) is 0.596. The van der Waals surface area contributed by atoms with Gasteiger partial charge in [0, 0.05) is 11.6 Å². The Morgan fingerprint density at radius 1 is 0.909 bits per heavy atom. The van der Waals surface area contributed by atoms with E-state index in [0.29, 0.717) is 0 Å². The molecule has 0 aromatic heterocycles. The minimum atomic E-state index is -0.347. The van der Waals surface area contributed by atoms with Crippen LogP contribution in [0.1, 0.15) is 23.1 Å². The number of halogens is 1. The first-order valence-corrected chi connectivity index (χ1v) is 8.37. The lowest BCUT2D eigenvalue weighted by atomic mass is 9.84. The highest BCUT2D eigenvalue weighted by Crippen LogP contribution is 2.48.